The summed E-state index contributed by atoms with van der Waals surface area (Å²) in [5.41, 5.74) is 2.89. The van der Waals surface area contributed by atoms with Crippen LogP contribution in [0.15, 0.2) is 18.2 Å². The van der Waals surface area contributed by atoms with Gasteiger partial charge in [-0.1, -0.05) is 26.0 Å². The molecule has 0 saturated heterocycles. The minimum atomic E-state index is -0.470. The molecule has 1 aromatic carbocycles. The van der Waals surface area contributed by atoms with Crippen LogP contribution >= 0.6 is 0 Å². The van der Waals surface area contributed by atoms with Gasteiger partial charge in [-0.05, 0) is 49.0 Å². The van der Waals surface area contributed by atoms with Crippen LogP contribution in [0, 0.1) is 5.92 Å². The van der Waals surface area contributed by atoms with E-state index >= 15 is 0 Å². The summed E-state index contributed by atoms with van der Waals surface area (Å²) < 4.78 is 0. The van der Waals surface area contributed by atoms with Gasteiger partial charge in [-0.25, -0.2) is 0 Å². The van der Waals surface area contributed by atoms with E-state index in [1.165, 1.54) is 0 Å². The molecule has 1 aromatic rings. The van der Waals surface area contributed by atoms with Crippen molar-refractivity contribution in [2.45, 2.75) is 39.2 Å². The second kappa shape index (κ2) is 7.05. The van der Waals surface area contributed by atoms with Crippen molar-refractivity contribution in [3.05, 3.63) is 29.3 Å². The van der Waals surface area contributed by atoms with E-state index in [0.717, 1.165) is 36.3 Å². The van der Waals surface area contributed by atoms with Gasteiger partial charge in [0.1, 0.15) is 0 Å². The zero-order valence-corrected chi connectivity index (χ0v) is 13.2. The molecule has 2 rings (SSSR count). The number of fused-ring (bicyclic) bond motifs is 1. The van der Waals surface area contributed by atoms with Crippen LogP contribution in [0.4, 0.5) is 5.69 Å². The predicted molar refractivity (Wildman–Crippen MR) is 85.5 cm³/mol. The number of rotatable bonds is 7. The molecule has 116 valence electrons. The SMILES string of the molecule is CC(C)CCNCCC(O)c1ccc2c(c1)CC(=O)N2C. The fourth-order valence-corrected chi connectivity index (χ4v) is 2.62. The fraction of sp³-hybridized carbons (Fsp3) is 0.588. The molecule has 0 saturated carbocycles. The first kappa shape index (κ1) is 16.0. The Labute approximate surface area is 127 Å². The zero-order chi connectivity index (χ0) is 15.4. The van der Waals surface area contributed by atoms with Gasteiger partial charge in [-0.2, -0.15) is 0 Å². The third-order valence-corrected chi connectivity index (χ3v) is 4.06. The number of nitrogens with one attached hydrogen (secondary N) is 1. The van der Waals surface area contributed by atoms with Crippen molar-refractivity contribution in [2.75, 3.05) is 25.0 Å². The summed E-state index contributed by atoms with van der Waals surface area (Å²) in [5.74, 6) is 0.820. The smallest absolute Gasteiger partial charge is 0.231 e. The molecule has 1 unspecified atom stereocenters. The summed E-state index contributed by atoms with van der Waals surface area (Å²) in [6.45, 7) is 6.22. The van der Waals surface area contributed by atoms with Gasteiger partial charge in [0.2, 0.25) is 5.91 Å². The maximum atomic E-state index is 11.7. The molecule has 0 spiro atoms. The number of hydrogen-bond acceptors (Lipinski definition) is 3. The molecule has 2 N–H and O–H groups in total. The lowest BCUT2D eigenvalue weighted by Crippen LogP contribution is -2.20. The molecular formula is C17H26N2O2. The Balaban J connectivity index is 1.85. The van der Waals surface area contributed by atoms with Crippen molar-refractivity contribution >= 4 is 11.6 Å². The van der Waals surface area contributed by atoms with Gasteiger partial charge in [0.15, 0.2) is 0 Å². The van der Waals surface area contributed by atoms with Crippen LogP contribution in [0.1, 0.15) is 43.9 Å². The number of amides is 1. The summed E-state index contributed by atoms with van der Waals surface area (Å²) in [6, 6.07) is 5.83. The van der Waals surface area contributed by atoms with Crippen LogP contribution in [0.2, 0.25) is 0 Å². The topological polar surface area (TPSA) is 52.6 Å². The number of aliphatic hydroxyl groups excluding tert-OH is 1. The lowest BCUT2D eigenvalue weighted by atomic mass is 10.0. The Morgan fingerprint density at radius 2 is 2.00 bits per heavy atom. The van der Waals surface area contributed by atoms with Gasteiger partial charge in [0.25, 0.3) is 0 Å². The molecule has 0 aliphatic carbocycles. The Morgan fingerprint density at radius 1 is 1.29 bits per heavy atom. The van der Waals surface area contributed by atoms with Crippen LogP contribution in [-0.2, 0) is 11.2 Å². The van der Waals surface area contributed by atoms with Crippen LogP contribution in [-0.4, -0.2) is 31.2 Å². The van der Waals surface area contributed by atoms with E-state index in [-0.39, 0.29) is 5.91 Å². The number of hydrogen-bond donors (Lipinski definition) is 2. The molecule has 4 heteroatoms. The highest BCUT2D eigenvalue weighted by Gasteiger charge is 2.24. The molecule has 1 amide bonds. The minimum Gasteiger partial charge on any atom is -0.388 e. The number of likely N-dealkylation sites (N-methyl/N-ethyl adjacent to an activating group) is 1. The number of aliphatic hydroxyl groups is 1. The van der Waals surface area contributed by atoms with E-state index in [2.05, 4.69) is 19.2 Å². The van der Waals surface area contributed by atoms with Crippen LogP contribution in [0.25, 0.3) is 0 Å². The number of carbonyl (C=O) groups is 1. The number of carbonyl (C=O) groups excluding carboxylic acids is 1. The summed E-state index contributed by atoms with van der Waals surface area (Å²) >= 11 is 0. The maximum Gasteiger partial charge on any atom is 0.231 e. The molecule has 21 heavy (non-hydrogen) atoms. The third kappa shape index (κ3) is 4.05. The van der Waals surface area contributed by atoms with Gasteiger partial charge in [-0.3, -0.25) is 4.79 Å². The van der Waals surface area contributed by atoms with E-state index in [1.54, 1.807) is 11.9 Å². The lowest BCUT2D eigenvalue weighted by molar-refractivity contribution is -0.117. The van der Waals surface area contributed by atoms with Crippen molar-refractivity contribution in [2.24, 2.45) is 5.92 Å². The van der Waals surface area contributed by atoms with E-state index in [9.17, 15) is 9.90 Å². The molecular weight excluding hydrogens is 264 g/mol. The molecule has 1 heterocycles. The minimum absolute atomic E-state index is 0.118. The van der Waals surface area contributed by atoms with Gasteiger partial charge >= 0.3 is 0 Å². The van der Waals surface area contributed by atoms with Crippen LogP contribution in [0.5, 0.6) is 0 Å². The molecule has 0 bridgehead atoms. The van der Waals surface area contributed by atoms with Gasteiger partial charge in [0.05, 0.1) is 12.5 Å². The zero-order valence-electron chi connectivity index (χ0n) is 13.2. The highest BCUT2D eigenvalue weighted by atomic mass is 16.3. The van der Waals surface area contributed by atoms with E-state index in [0.29, 0.717) is 18.8 Å². The lowest BCUT2D eigenvalue weighted by Gasteiger charge is -2.14. The molecule has 0 fully saturated rings. The second-order valence-electron chi connectivity index (χ2n) is 6.25. The van der Waals surface area contributed by atoms with Gasteiger partial charge in [-0.15, -0.1) is 0 Å². The molecule has 0 aromatic heterocycles. The van der Waals surface area contributed by atoms with Crippen molar-refractivity contribution in [1.82, 2.24) is 5.32 Å². The summed E-state index contributed by atoms with van der Waals surface area (Å²) in [5, 5.41) is 13.6. The van der Waals surface area contributed by atoms with E-state index in [4.69, 9.17) is 0 Å². The average molecular weight is 290 g/mol. The average Bonchev–Trinajstić information content (AvgIpc) is 2.72. The highest BCUT2D eigenvalue weighted by Crippen LogP contribution is 2.30. The maximum absolute atomic E-state index is 11.7. The Kier molecular flexibility index (Phi) is 5.37. The largest absolute Gasteiger partial charge is 0.388 e. The van der Waals surface area contributed by atoms with Crippen molar-refractivity contribution in [1.29, 1.82) is 0 Å². The molecule has 0 radical (unpaired) electrons. The van der Waals surface area contributed by atoms with Gasteiger partial charge < -0.3 is 15.3 Å². The monoisotopic (exact) mass is 290 g/mol. The quantitative estimate of drug-likeness (QED) is 0.757. The van der Waals surface area contributed by atoms with Crippen LogP contribution in [0.3, 0.4) is 0 Å². The molecule has 1 atom stereocenters. The summed E-state index contributed by atoms with van der Waals surface area (Å²) in [6.07, 6.45) is 1.83. The van der Waals surface area contributed by atoms with Gasteiger partial charge in [0, 0.05) is 12.7 Å². The third-order valence-electron chi connectivity index (χ3n) is 4.06. The second-order valence-corrected chi connectivity index (χ2v) is 6.25. The molecule has 4 nitrogen and oxygen atoms in total. The fourth-order valence-electron chi connectivity index (χ4n) is 2.62. The number of benzene rings is 1. The van der Waals surface area contributed by atoms with E-state index < -0.39 is 6.10 Å². The molecule has 1 aliphatic heterocycles. The predicted octanol–water partition coefficient (Wildman–Crippen LogP) is 2.26. The summed E-state index contributed by atoms with van der Waals surface area (Å²) in [4.78, 5) is 13.3. The molecule has 1 aliphatic rings. The van der Waals surface area contributed by atoms with Crippen molar-refractivity contribution < 1.29 is 9.90 Å². The standard InChI is InChI=1S/C17H26N2O2/c1-12(2)6-8-18-9-7-16(20)13-4-5-15-14(10-13)11-17(21)19(15)3/h4-5,10,12,16,18,20H,6-9,11H2,1-3H3. The van der Waals surface area contributed by atoms with Crippen molar-refractivity contribution in [3.63, 3.8) is 0 Å². The van der Waals surface area contributed by atoms with Crippen LogP contribution < -0.4 is 10.2 Å². The Hall–Kier alpha value is -1.39. The Bertz CT molecular complexity index is 500. The highest BCUT2D eigenvalue weighted by molar-refractivity contribution is 6.00. The first-order chi connectivity index (χ1) is 9.99. The van der Waals surface area contributed by atoms with E-state index in [1.807, 2.05) is 18.2 Å². The first-order valence-corrected chi connectivity index (χ1v) is 7.77. The summed E-state index contributed by atoms with van der Waals surface area (Å²) in [7, 11) is 1.79. The normalized spacial score (nSPS) is 15.7. The number of nitrogens with zero attached hydrogens (tertiary/aromatic N) is 1. The van der Waals surface area contributed by atoms with Crippen molar-refractivity contribution in [3.8, 4) is 0 Å². The first-order valence-electron chi connectivity index (χ1n) is 7.77. The Morgan fingerprint density at radius 3 is 2.71 bits per heavy atom. The number of anilines is 1.